The number of rotatable bonds is 6. The zero-order chi connectivity index (χ0) is 22.1. The highest BCUT2D eigenvalue weighted by atomic mass is 16.5. The number of ether oxygens (including phenoxy) is 1. The molecule has 0 saturated carbocycles. The minimum atomic E-state index is -1.00. The van der Waals surface area contributed by atoms with E-state index in [-0.39, 0.29) is 24.3 Å². The summed E-state index contributed by atoms with van der Waals surface area (Å²) < 4.78 is 6.82. The third-order valence-electron chi connectivity index (χ3n) is 4.96. The van der Waals surface area contributed by atoms with E-state index >= 15 is 0 Å². The second kappa shape index (κ2) is 8.28. The van der Waals surface area contributed by atoms with Crippen LogP contribution in [-0.2, 0) is 12.0 Å². The molecule has 1 amide bonds. The van der Waals surface area contributed by atoms with Crippen molar-refractivity contribution in [3.8, 4) is 5.75 Å². The van der Waals surface area contributed by atoms with Crippen LogP contribution in [0, 0.1) is 6.92 Å². The van der Waals surface area contributed by atoms with Crippen molar-refractivity contribution in [1.82, 2.24) is 9.78 Å². The van der Waals surface area contributed by atoms with Crippen molar-refractivity contribution in [3.05, 3.63) is 69.6 Å². The van der Waals surface area contributed by atoms with E-state index in [1.165, 1.54) is 5.56 Å². The molecule has 2 aromatic carbocycles. The van der Waals surface area contributed by atoms with Gasteiger partial charge in [0.1, 0.15) is 18.5 Å². The quantitative estimate of drug-likeness (QED) is 0.651. The molecule has 0 spiro atoms. The van der Waals surface area contributed by atoms with Gasteiger partial charge in [-0.1, -0.05) is 51.1 Å². The van der Waals surface area contributed by atoms with Crippen LogP contribution in [0.15, 0.2) is 47.3 Å². The van der Waals surface area contributed by atoms with Gasteiger partial charge in [-0.15, -0.1) is 0 Å². The number of carbonyl (C=O) groups is 1. The number of aliphatic hydroxyl groups is 1. The Kier molecular flexibility index (Phi) is 5.94. The molecular weight excluding hydrogens is 382 g/mol. The standard InChI is InChI=1S/C23H27N3O4/c1-14-11-15(23(2,3)4)9-10-19(14)30-13-16(27)12-26-22(29)18-8-6-5-7-17(18)20(25-26)21(24)28/h5-11,16,27H,12-13H2,1-4H3,(H2,24,28). The molecule has 3 rings (SSSR count). The molecule has 158 valence electrons. The smallest absolute Gasteiger partial charge is 0.274 e. The lowest BCUT2D eigenvalue weighted by Gasteiger charge is -2.21. The number of amides is 1. The molecule has 1 heterocycles. The van der Waals surface area contributed by atoms with Gasteiger partial charge in [0.2, 0.25) is 0 Å². The number of nitrogens with zero attached hydrogens (tertiary/aromatic N) is 2. The first-order valence-corrected chi connectivity index (χ1v) is 9.79. The lowest BCUT2D eigenvalue weighted by Crippen LogP contribution is -2.34. The van der Waals surface area contributed by atoms with E-state index in [1.54, 1.807) is 24.3 Å². The molecule has 3 aromatic rings. The van der Waals surface area contributed by atoms with Crippen LogP contribution in [0.4, 0.5) is 0 Å². The van der Waals surface area contributed by atoms with Crippen molar-refractivity contribution < 1.29 is 14.6 Å². The van der Waals surface area contributed by atoms with Gasteiger partial charge in [-0.2, -0.15) is 5.10 Å². The van der Waals surface area contributed by atoms with E-state index in [9.17, 15) is 14.7 Å². The van der Waals surface area contributed by atoms with Crippen LogP contribution >= 0.6 is 0 Å². The third-order valence-corrected chi connectivity index (χ3v) is 4.96. The van der Waals surface area contributed by atoms with Crippen molar-refractivity contribution in [1.29, 1.82) is 0 Å². The summed E-state index contributed by atoms with van der Waals surface area (Å²) in [5.41, 5.74) is 7.20. The fourth-order valence-corrected chi connectivity index (χ4v) is 3.26. The first-order chi connectivity index (χ1) is 14.1. The van der Waals surface area contributed by atoms with Crippen LogP contribution in [0.3, 0.4) is 0 Å². The molecule has 7 nitrogen and oxygen atoms in total. The van der Waals surface area contributed by atoms with Crippen molar-refractivity contribution in [2.75, 3.05) is 6.61 Å². The highest BCUT2D eigenvalue weighted by molar-refractivity contribution is 6.03. The Morgan fingerprint density at radius 2 is 1.87 bits per heavy atom. The first-order valence-electron chi connectivity index (χ1n) is 9.79. The SMILES string of the molecule is Cc1cc(C(C)(C)C)ccc1OCC(O)Cn1nc(C(N)=O)c2ccccc2c1=O. The van der Waals surface area contributed by atoms with Crippen LogP contribution in [0.25, 0.3) is 10.8 Å². The Labute approximate surface area is 175 Å². The molecule has 0 fully saturated rings. The van der Waals surface area contributed by atoms with Crippen LogP contribution in [0.5, 0.6) is 5.75 Å². The molecular formula is C23H27N3O4. The highest BCUT2D eigenvalue weighted by Crippen LogP contribution is 2.27. The van der Waals surface area contributed by atoms with Gasteiger partial charge in [-0.05, 0) is 35.6 Å². The molecule has 7 heteroatoms. The molecule has 1 atom stereocenters. The fraction of sp³-hybridized carbons (Fsp3) is 0.348. The molecule has 1 unspecified atom stereocenters. The summed E-state index contributed by atoms with van der Waals surface area (Å²) in [5.74, 6) is -0.0704. The Morgan fingerprint density at radius 3 is 2.47 bits per heavy atom. The highest BCUT2D eigenvalue weighted by Gasteiger charge is 2.18. The number of aromatic nitrogens is 2. The third kappa shape index (κ3) is 4.52. The maximum atomic E-state index is 12.7. The second-order valence-electron chi connectivity index (χ2n) is 8.44. The summed E-state index contributed by atoms with van der Waals surface area (Å²) in [7, 11) is 0. The van der Waals surface area contributed by atoms with Gasteiger partial charge in [-0.3, -0.25) is 9.59 Å². The van der Waals surface area contributed by atoms with Crippen molar-refractivity contribution in [2.45, 2.75) is 45.8 Å². The number of primary amides is 1. The van der Waals surface area contributed by atoms with Crippen LogP contribution in [-0.4, -0.2) is 33.5 Å². The van der Waals surface area contributed by atoms with E-state index in [1.807, 2.05) is 19.1 Å². The maximum Gasteiger partial charge on any atom is 0.274 e. The lowest BCUT2D eigenvalue weighted by molar-refractivity contribution is 0.0868. The van der Waals surface area contributed by atoms with Gasteiger partial charge in [0.15, 0.2) is 5.69 Å². The number of nitrogens with two attached hydrogens (primary N) is 1. The summed E-state index contributed by atoms with van der Waals surface area (Å²) in [6, 6.07) is 12.6. The van der Waals surface area contributed by atoms with E-state index in [2.05, 4.69) is 31.9 Å². The molecule has 0 radical (unpaired) electrons. The van der Waals surface area contributed by atoms with Crippen LogP contribution < -0.4 is 16.0 Å². The minimum absolute atomic E-state index is 0.00747. The number of aliphatic hydroxyl groups excluding tert-OH is 1. The average molecular weight is 409 g/mol. The first kappa shape index (κ1) is 21.5. The van der Waals surface area contributed by atoms with Gasteiger partial charge in [0, 0.05) is 5.39 Å². The number of aryl methyl sites for hydroxylation is 1. The number of carbonyl (C=O) groups excluding carboxylic acids is 1. The van der Waals surface area contributed by atoms with Crippen LogP contribution in [0.2, 0.25) is 0 Å². The number of hydrogen-bond acceptors (Lipinski definition) is 5. The Hall–Kier alpha value is -3.19. The topological polar surface area (TPSA) is 107 Å². The van der Waals surface area contributed by atoms with E-state index in [0.717, 1.165) is 10.2 Å². The van der Waals surface area contributed by atoms with E-state index in [0.29, 0.717) is 16.5 Å². The normalized spacial score (nSPS) is 12.7. The van der Waals surface area contributed by atoms with E-state index < -0.39 is 17.6 Å². The van der Waals surface area contributed by atoms with Gasteiger partial charge < -0.3 is 15.6 Å². The maximum absolute atomic E-state index is 12.7. The van der Waals surface area contributed by atoms with Gasteiger partial charge in [-0.25, -0.2) is 4.68 Å². The fourth-order valence-electron chi connectivity index (χ4n) is 3.26. The van der Waals surface area contributed by atoms with Gasteiger partial charge in [0.25, 0.3) is 11.5 Å². The Balaban J connectivity index is 1.78. The van der Waals surface area contributed by atoms with E-state index in [4.69, 9.17) is 10.5 Å². The number of hydrogen-bond donors (Lipinski definition) is 2. The Morgan fingerprint density at radius 1 is 1.20 bits per heavy atom. The molecule has 0 aliphatic carbocycles. The summed E-state index contributed by atoms with van der Waals surface area (Å²) >= 11 is 0. The molecule has 0 bridgehead atoms. The van der Waals surface area contributed by atoms with Crippen molar-refractivity contribution in [3.63, 3.8) is 0 Å². The molecule has 3 N–H and O–H groups in total. The second-order valence-corrected chi connectivity index (χ2v) is 8.44. The average Bonchev–Trinajstić information content (AvgIpc) is 2.68. The Bertz CT molecular complexity index is 1150. The zero-order valence-corrected chi connectivity index (χ0v) is 17.7. The number of benzene rings is 2. The lowest BCUT2D eigenvalue weighted by atomic mass is 9.86. The van der Waals surface area contributed by atoms with Gasteiger partial charge >= 0.3 is 0 Å². The van der Waals surface area contributed by atoms with Crippen LogP contribution in [0.1, 0.15) is 42.4 Å². The molecule has 30 heavy (non-hydrogen) atoms. The summed E-state index contributed by atoms with van der Waals surface area (Å²) in [6.45, 7) is 8.22. The summed E-state index contributed by atoms with van der Waals surface area (Å²) in [4.78, 5) is 24.5. The summed E-state index contributed by atoms with van der Waals surface area (Å²) in [5, 5.41) is 15.2. The predicted molar refractivity (Wildman–Crippen MR) is 116 cm³/mol. The molecule has 0 saturated heterocycles. The van der Waals surface area contributed by atoms with Gasteiger partial charge in [0.05, 0.1) is 11.9 Å². The zero-order valence-electron chi connectivity index (χ0n) is 17.7. The number of fused-ring (bicyclic) bond motifs is 1. The molecule has 0 aliphatic rings. The summed E-state index contributed by atoms with van der Waals surface area (Å²) in [6.07, 6.45) is -1.00. The van der Waals surface area contributed by atoms with Crippen molar-refractivity contribution in [2.24, 2.45) is 5.73 Å². The monoisotopic (exact) mass is 409 g/mol. The largest absolute Gasteiger partial charge is 0.491 e. The molecule has 0 aliphatic heterocycles. The minimum Gasteiger partial charge on any atom is -0.491 e. The van der Waals surface area contributed by atoms with Crippen molar-refractivity contribution >= 4 is 16.7 Å². The molecule has 1 aromatic heterocycles. The predicted octanol–water partition coefficient (Wildman–Crippen LogP) is 2.54.